The molecule has 1 amide bonds. The molecule has 0 aliphatic heterocycles. The molecule has 1 heterocycles. The lowest BCUT2D eigenvalue weighted by Gasteiger charge is -2.21. The van der Waals surface area contributed by atoms with Crippen molar-refractivity contribution in [2.45, 2.75) is 66.5 Å². The number of carbonyl (C=O) groups excluding carboxylic acids is 2. The van der Waals surface area contributed by atoms with Gasteiger partial charge in [-0.2, -0.15) is 0 Å². The average Bonchev–Trinajstić information content (AvgIpc) is 2.58. The molecule has 25 heavy (non-hydrogen) atoms. The lowest BCUT2D eigenvalue weighted by Crippen LogP contribution is -2.47. The van der Waals surface area contributed by atoms with E-state index in [0.29, 0.717) is 6.54 Å². The number of hydrogen-bond donors (Lipinski definition) is 1. The summed E-state index contributed by atoms with van der Waals surface area (Å²) in [6.45, 7) is 10.2. The molecule has 0 radical (unpaired) electrons. The highest BCUT2D eigenvalue weighted by Gasteiger charge is 2.27. The van der Waals surface area contributed by atoms with Gasteiger partial charge in [-0.3, -0.25) is 9.59 Å². The number of carbonyl (C=O) groups is 2. The van der Waals surface area contributed by atoms with Crippen molar-refractivity contribution in [3.63, 3.8) is 0 Å². The number of aromatic nitrogens is 1. The number of ether oxygens (including phenoxy) is 1. The molecule has 1 aromatic heterocycles. The van der Waals surface area contributed by atoms with E-state index in [-0.39, 0.29) is 17.0 Å². The van der Waals surface area contributed by atoms with E-state index in [4.69, 9.17) is 4.74 Å². The monoisotopic (exact) mass is 350 g/mol. The molecule has 1 atom stereocenters. The Labute approximate surface area is 149 Å². The third kappa shape index (κ3) is 4.94. The van der Waals surface area contributed by atoms with Gasteiger partial charge in [0.05, 0.1) is 7.11 Å². The van der Waals surface area contributed by atoms with Gasteiger partial charge in [0, 0.05) is 12.2 Å². The van der Waals surface area contributed by atoms with Crippen molar-refractivity contribution in [1.82, 2.24) is 9.88 Å². The maximum atomic E-state index is 12.8. The van der Waals surface area contributed by atoms with E-state index in [2.05, 4.69) is 12.2 Å². The molecule has 1 aromatic rings. The Bertz CT molecular complexity index is 677. The van der Waals surface area contributed by atoms with E-state index in [1.54, 1.807) is 10.6 Å². The molecule has 0 aromatic carbocycles. The van der Waals surface area contributed by atoms with Crippen LogP contribution in [0.25, 0.3) is 0 Å². The van der Waals surface area contributed by atoms with Crippen LogP contribution in [0.3, 0.4) is 0 Å². The van der Waals surface area contributed by atoms with E-state index in [0.717, 1.165) is 30.5 Å². The Kier molecular flexibility index (Phi) is 7.87. The molecular formula is C19H30N2O4. The Morgan fingerprint density at radius 2 is 1.92 bits per heavy atom. The Morgan fingerprint density at radius 1 is 1.28 bits per heavy atom. The summed E-state index contributed by atoms with van der Waals surface area (Å²) < 4.78 is 6.43. The Morgan fingerprint density at radius 3 is 2.40 bits per heavy atom. The van der Waals surface area contributed by atoms with Crippen LogP contribution >= 0.6 is 0 Å². The summed E-state index contributed by atoms with van der Waals surface area (Å²) in [5.74, 6) is -1.20. The molecule has 6 nitrogen and oxygen atoms in total. The first kappa shape index (κ1) is 20.9. The summed E-state index contributed by atoms with van der Waals surface area (Å²) in [5.41, 5.74) is 1.62. The van der Waals surface area contributed by atoms with Crippen molar-refractivity contribution >= 4 is 11.9 Å². The summed E-state index contributed by atoms with van der Waals surface area (Å²) in [5, 5.41) is 2.65. The minimum atomic E-state index is -0.785. The predicted octanol–water partition coefficient (Wildman–Crippen LogP) is 2.45. The van der Waals surface area contributed by atoms with E-state index in [1.807, 2.05) is 27.7 Å². The third-order valence-corrected chi connectivity index (χ3v) is 4.34. The fraction of sp³-hybridized carbons (Fsp3) is 0.632. The van der Waals surface area contributed by atoms with Crippen LogP contribution < -0.4 is 10.9 Å². The maximum Gasteiger partial charge on any atom is 0.328 e. The van der Waals surface area contributed by atoms with E-state index in [9.17, 15) is 14.4 Å². The van der Waals surface area contributed by atoms with Crippen LogP contribution in [0.2, 0.25) is 0 Å². The molecule has 140 valence electrons. The van der Waals surface area contributed by atoms with E-state index < -0.39 is 17.9 Å². The second-order valence-corrected chi connectivity index (χ2v) is 6.57. The van der Waals surface area contributed by atoms with Gasteiger partial charge in [-0.15, -0.1) is 0 Å². The van der Waals surface area contributed by atoms with E-state index in [1.165, 1.54) is 7.11 Å². The van der Waals surface area contributed by atoms with Crippen molar-refractivity contribution < 1.29 is 14.3 Å². The number of hydrogen-bond acceptors (Lipinski definition) is 4. The number of nitrogens with one attached hydrogen (secondary N) is 1. The number of esters is 1. The summed E-state index contributed by atoms with van der Waals surface area (Å²) in [7, 11) is 1.28. The van der Waals surface area contributed by atoms with Crippen LogP contribution in [0.1, 0.15) is 62.2 Å². The summed E-state index contributed by atoms with van der Waals surface area (Å²) in [6.07, 6.45) is 2.56. The minimum Gasteiger partial charge on any atom is -0.467 e. The van der Waals surface area contributed by atoms with Gasteiger partial charge in [-0.05, 0) is 37.3 Å². The molecule has 0 spiro atoms. The molecule has 0 saturated heterocycles. The molecule has 0 fully saturated rings. The van der Waals surface area contributed by atoms with Crippen molar-refractivity contribution in [3.8, 4) is 0 Å². The van der Waals surface area contributed by atoms with Gasteiger partial charge in [-0.1, -0.05) is 34.1 Å². The number of nitrogens with zero attached hydrogens (tertiary/aromatic N) is 1. The maximum absolute atomic E-state index is 12.8. The third-order valence-electron chi connectivity index (χ3n) is 4.34. The van der Waals surface area contributed by atoms with Crippen molar-refractivity contribution in [1.29, 1.82) is 0 Å². The number of unbranched alkanes of at least 4 members (excludes halogenated alkanes) is 1. The standard InChI is InChI=1S/C19H30N2O4/c1-7-9-10-21-15(8-2)13(5)11-14(18(21)23)17(22)20-16(12(3)4)19(24)25-6/h11-12,16H,7-10H2,1-6H3,(H,20,22). The van der Waals surface area contributed by atoms with Crippen molar-refractivity contribution in [3.05, 3.63) is 33.2 Å². The topological polar surface area (TPSA) is 77.4 Å². The molecule has 0 aliphatic rings. The molecule has 1 N–H and O–H groups in total. The summed E-state index contributed by atoms with van der Waals surface area (Å²) >= 11 is 0. The first-order valence-electron chi connectivity index (χ1n) is 8.90. The quantitative estimate of drug-likeness (QED) is 0.731. The smallest absolute Gasteiger partial charge is 0.328 e. The number of pyridine rings is 1. The predicted molar refractivity (Wildman–Crippen MR) is 97.8 cm³/mol. The fourth-order valence-electron chi connectivity index (χ4n) is 2.87. The van der Waals surface area contributed by atoms with Gasteiger partial charge in [0.25, 0.3) is 11.5 Å². The van der Waals surface area contributed by atoms with Crippen molar-refractivity contribution in [2.24, 2.45) is 5.92 Å². The zero-order valence-corrected chi connectivity index (χ0v) is 16.1. The molecule has 0 saturated carbocycles. The first-order valence-corrected chi connectivity index (χ1v) is 8.90. The van der Waals surface area contributed by atoms with Crippen LogP contribution in [-0.4, -0.2) is 29.6 Å². The van der Waals surface area contributed by atoms with Crippen LogP contribution in [0.4, 0.5) is 0 Å². The second kappa shape index (κ2) is 9.39. The molecule has 0 aliphatic carbocycles. The van der Waals surface area contributed by atoms with Gasteiger partial charge in [0.15, 0.2) is 0 Å². The van der Waals surface area contributed by atoms with Gasteiger partial charge >= 0.3 is 5.97 Å². The fourth-order valence-corrected chi connectivity index (χ4v) is 2.87. The minimum absolute atomic E-state index is 0.0698. The van der Waals surface area contributed by atoms with Gasteiger partial charge in [0.1, 0.15) is 11.6 Å². The van der Waals surface area contributed by atoms with Gasteiger partial charge in [0.2, 0.25) is 0 Å². The molecule has 1 rings (SSSR count). The Balaban J connectivity index is 3.28. The lowest BCUT2D eigenvalue weighted by atomic mass is 10.0. The zero-order valence-electron chi connectivity index (χ0n) is 16.1. The van der Waals surface area contributed by atoms with E-state index >= 15 is 0 Å². The van der Waals surface area contributed by atoms with Crippen LogP contribution in [0.5, 0.6) is 0 Å². The molecule has 6 heteroatoms. The number of amides is 1. The first-order chi connectivity index (χ1) is 11.8. The SMILES string of the molecule is CCCCn1c(CC)c(C)cc(C(=O)NC(C(=O)OC)C(C)C)c1=O. The number of methoxy groups -OCH3 is 1. The highest BCUT2D eigenvalue weighted by atomic mass is 16.5. The molecule has 0 bridgehead atoms. The highest BCUT2D eigenvalue weighted by molar-refractivity contribution is 5.96. The number of rotatable bonds is 8. The summed E-state index contributed by atoms with van der Waals surface area (Å²) in [6, 6.07) is 0.834. The summed E-state index contributed by atoms with van der Waals surface area (Å²) in [4.78, 5) is 37.3. The largest absolute Gasteiger partial charge is 0.467 e. The normalized spacial score (nSPS) is 12.1. The van der Waals surface area contributed by atoms with Crippen molar-refractivity contribution in [2.75, 3.05) is 7.11 Å². The van der Waals surface area contributed by atoms with Crippen LogP contribution in [-0.2, 0) is 22.5 Å². The van der Waals surface area contributed by atoms with Gasteiger partial charge < -0.3 is 14.6 Å². The highest BCUT2D eigenvalue weighted by Crippen LogP contribution is 2.11. The lowest BCUT2D eigenvalue weighted by molar-refractivity contribution is -0.144. The number of aryl methyl sites for hydroxylation is 1. The van der Waals surface area contributed by atoms with Crippen LogP contribution in [0, 0.1) is 12.8 Å². The molecular weight excluding hydrogens is 320 g/mol. The van der Waals surface area contributed by atoms with Gasteiger partial charge in [-0.25, -0.2) is 4.79 Å². The van der Waals surface area contributed by atoms with Crippen LogP contribution in [0.15, 0.2) is 10.9 Å². The molecule has 1 unspecified atom stereocenters. The zero-order chi connectivity index (χ0) is 19.1. The average molecular weight is 350 g/mol. The second-order valence-electron chi connectivity index (χ2n) is 6.57. The Hall–Kier alpha value is -2.11.